The third kappa shape index (κ3) is 5.92. The highest BCUT2D eigenvalue weighted by Gasteiger charge is 2.18. The number of nitrogens with one attached hydrogen (secondary N) is 2. The van der Waals surface area contributed by atoms with E-state index < -0.39 is 21.7 Å². The number of carbonyl (C=O) groups excluding carboxylic acids is 2. The molecule has 34 heavy (non-hydrogen) atoms. The van der Waals surface area contributed by atoms with Crippen molar-refractivity contribution >= 4 is 40.6 Å². The summed E-state index contributed by atoms with van der Waals surface area (Å²) < 4.78 is 1.70. The Kier molecular flexibility index (Phi) is 7.87. The van der Waals surface area contributed by atoms with Crippen LogP contribution in [0.4, 0.5) is 17.1 Å². The van der Waals surface area contributed by atoms with E-state index in [1.54, 1.807) is 10.6 Å². The van der Waals surface area contributed by atoms with Crippen LogP contribution in [-0.2, 0) is 17.9 Å². The average molecular weight is 485 g/mol. The van der Waals surface area contributed by atoms with Gasteiger partial charge in [0.2, 0.25) is 5.91 Å². The standard InChI is InChI=1S/C20H19N7O6S/c1-2-25-17(11-21-19(29)13-6-5-7-14(10-13)26(30)31)23-24-20(25)34-12-18(28)22-15-8-3-4-9-16(15)27(32)33/h3-10H,2,11-12H2,1H3,(H,21,29)(H,22,28). The minimum atomic E-state index is -0.583. The topological polar surface area (TPSA) is 175 Å². The van der Waals surface area contributed by atoms with Gasteiger partial charge in [-0.05, 0) is 19.1 Å². The molecule has 3 aromatic rings. The van der Waals surface area contributed by atoms with E-state index in [2.05, 4.69) is 20.8 Å². The van der Waals surface area contributed by atoms with Crippen LogP contribution in [0.5, 0.6) is 0 Å². The van der Waals surface area contributed by atoms with Crippen molar-refractivity contribution in [2.75, 3.05) is 11.1 Å². The molecule has 0 atom stereocenters. The molecule has 0 fully saturated rings. The van der Waals surface area contributed by atoms with Gasteiger partial charge in [0.15, 0.2) is 11.0 Å². The monoisotopic (exact) mass is 485 g/mol. The predicted molar refractivity (Wildman–Crippen MR) is 122 cm³/mol. The summed E-state index contributed by atoms with van der Waals surface area (Å²) in [6.45, 7) is 2.32. The Hall–Kier alpha value is -4.33. The van der Waals surface area contributed by atoms with Crippen molar-refractivity contribution in [1.29, 1.82) is 0 Å². The van der Waals surface area contributed by atoms with Crippen molar-refractivity contribution in [2.24, 2.45) is 0 Å². The Balaban J connectivity index is 1.60. The van der Waals surface area contributed by atoms with Crippen molar-refractivity contribution < 1.29 is 19.4 Å². The maximum Gasteiger partial charge on any atom is 0.292 e. The zero-order chi connectivity index (χ0) is 24.7. The molecule has 2 aromatic carbocycles. The van der Waals surface area contributed by atoms with Gasteiger partial charge in [0.05, 0.1) is 22.1 Å². The lowest BCUT2D eigenvalue weighted by atomic mass is 10.2. The lowest BCUT2D eigenvalue weighted by molar-refractivity contribution is -0.384. The molecule has 0 aliphatic carbocycles. The van der Waals surface area contributed by atoms with E-state index in [1.165, 1.54) is 42.5 Å². The second-order valence-electron chi connectivity index (χ2n) is 6.74. The highest BCUT2D eigenvalue weighted by atomic mass is 32.2. The van der Waals surface area contributed by atoms with Crippen molar-refractivity contribution in [1.82, 2.24) is 20.1 Å². The minimum Gasteiger partial charge on any atom is -0.345 e. The molecule has 14 heteroatoms. The Morgan fingerprint density at radius 1 is 1.06 bits per heavy atom. The zero-order valence-corrected chi connectivity index (χ0v) is 18.7. The second kappa shape index (κ2) is 11.0. The van der Waals surface area contributed by atoms with Crippen LogP contribution in [0, 0.1) is 20.2 Å². The van der Waals surface area contributed by atoms with Crippen LogP contribution in [-0.4, -0.2) is 42.2 Å². The van der Waals surface area contributed by atoms with Gasteiger partial charge >= 0.3 is 0 Å². The van der Waals surface area contributed by atoms with Gasteiger partial charge < -0.3 is 15.2 Å². The van der Waals surface area contributed by atoms with Crippen LogP contribution in [0.3, 0.4) is 0 Å². The van der Waals surface area contributed by atoms with Gasteiger partial charge in [-0.25, -0.2) is 0 Å². The van der Waals surface area contributed by atoms with E-state index in [0.29, 0.717) is 17.5 Å². The molecule has 1 aromatic heterocycles. The number of benzene rings is 2. The van der Waals surface area contributed by atoms with E-state index in [0.717, 1.165) is 11.8 Å². The summed E-state index contributed by atoms with van der Waals surface area (Å²) in [7, 11) is 0. The number of non-ortho nitro benzene ring substituents is 1. The fourth-order valence-corrected chi connectivity index (χ4v) is 3.77. The molecular weight excluding hydrogens is 466 g/mol. The van der Waals surface area contributed by atoms with Gasteiger partial charge in [0.1, 0.15) is 5.69 Å². The largest absolute Gasteiger partial charge is 0.345 e. The number of nitro benzene ring substituents is 2. The summed E-state index contributed by atoms with van der Waals surface area (Å²) in [6, 6.07) is 11.2. The van der Waals surface area contributed by atoms with Gasteiger partial charge in [-0.15, -0.1) is 10.2 Å². The van der Waals surface area contributed by atoms with Crippen molar-refractivity contribution in [3.8, 4) is 0 Å². The van der Waals surface area contributed by atoms with Crippen molar-refractivity contribution in [3.63, 3.8) is 0 Å². The number of carbonyl (C=O) groups is 2. The number of amides is 2. The van der Waals surface area contributed by atoms with E-state index >= 15 is 0 Å². The van der Waals surface area contributed by atoms with Crippen LogP contribution < -0.4 is 10.6 Å². The second-order valence-corrected chi connectivity index (χ2v) is 7.69. The lowest BCUT2D eigenvalue weighted by Gasteiger charge is -2.09. The summed E-state index contributed by atoms with van der Waals surface area (Å²) in [5.41, 5.74) is -0.167. The number of nitrogens with zero attached hydrogens (tertiary/aromatic N) is 5. The molecule has 176 valence electrons. The first kappa shape index (κ1) is 24.3. The van der Waals surface area contributed by atoms with Gasteiger partial charge in [0.25, 0.3) is 17.3 Å². The van der Waals surface area contributed by atoms with Crippen LogP contribution in [0.2, 0.25) is 0 Å². The zero-order valence-electron chi connectivity index (χ0n) is 17.8. The molecular formula is C20H19N7O6S. The lowest BCUT2D eigenvalue weighted by Crippen LogP contribution is -2.25. The number of nitro groups is 2. The van der Waals surface area contributed by atoms with E-state index in [1.807, 2.05) is 6.92 Å². The number of anilines is 1. The Morgan fingerprint density at radius 2 is 1.82 bits per heavy atom. The third-order valence-electron chi connectivity index (χ3n) is 4.54. The van der Waals surface area contributed by atoms with Gasteiger partial charge in [0, 0.05) is 30.3 Å². The molecule has 2 amide bonds. The molecule has 3 rings (SSSR count). The fraction of sp³-hybridized carbons (Fsp3) is 0.200. The normalized spacial score (nSPS) is 10.5. The van der Waals surface area contributed by atoms with Crippen molar-refractivity contribution in [2.45, 2.75) is 25.2 Å². The number of thioether (sulfide) groups is 1. The third-order valence-corrected chi connectivity index (χ3v) is 5.51. The molecule has 0 aliphatic heterocycles. The van der Waals surface area contributed by atoms with Crippen molar-refractivity contribution in [3.05, 3.63) is 80.1 Å². The highest BCUT2D eigenvalue weighted by molar-refractivity contribution is 7.99. The fourth-order valence-electron chi connectivity index (χ4n) is 2.95. The maximum atomic E-state index is 12.4. The van der Waals surface area contributed by atoms with E-state index in [4.69, 9.17) is 0 Å². The minimum absolute atomic E-state index is 0.0192. The van der Waals surface area contributed by atoms with Crippen LogP contribution in [0.25, 0.3) is 0 Å². The van der Waals surface area contributed by atoms with Gasteiger partial charge in [-0.3, -0.25) is 29.8 Å². The molecule has 0 bridgehead atoms. The maximum absolute atomic E-state index is 12.4. The summed E-state index contributed by atoms with van der Waals surface area (Å²) in [4.78, 5) is 45.5. The Morgan fingerprint density at radius 3 is 2.53 bits per heavy atom. The first-order valence-corrected chi connectivity index (χ1v) is 10.9. The SMILES string of the molecule is CCn1c(CNC(=O)c2cccc([N+](=O)[O-])c2)nnc1SCC(=O)Nc1ccccc1[N+](=O)[O-]. The summed E-state index contributed by atoms with van der Waals surface area (Å²) in [5, 5.41) is 35.7. The Bertz CT molecular complexity index is 1250. The molecule has 13 nitrogen and oxygen atoms in total. The van der Waals surface area contributed by atoms with E-state index in [9.17, 15) is 29.8 Å². The smallest absolute Gasteiger partial charge is 0.292 e. The van der Waals surface area contributed by atoms with Gasteiger partial charge in [-0.1, -0.05) is 30.0 Å². The van der Waals surface area contributed by atoms with Crippen LogP contribution >= 0.6 is 11.8 Å². The Labute approximate surface area is 196 Å². The summed E-state index contributed by atoms with van der Waals surface area (Å²) in [5.74, 6) is -0.592. The van der Waals surface area contributed by atoms with E-state index in [-0.39, 0.29) is 34.9 Å². The molecule has 0 saturated heterocycles. The molecule has 0 radical (unpaired) electrons. The predicted octanol–water partition coefficient (Wildman–Crippen LogP) is 2.78. The first-order valence-electron chi connectivity index (χ1n) is 9.91. The molecule has 2 N–H and O–H groups in total. The molecule has 0 spiro atoms. The quantitative estimate of drug-likeness (QED) is 0.248. The molecule has 0 aliphatic rings. The molecule has 1 heterocycles. The number of hydrogen-bond acceptors (Lipinski definition) is 9. The first-order chi connectivity index (χ1) is 16.3. The molecule has 0 unspecified atom stereocenters. The van der Waals surface area contributed by atoms with Gasteiger partial charge in [-0.2, -0.15) is 0 Å². The summed E-state index contributed by atoms with van der Waals surface area (Å²) in [6.07, 6.45) is 0. The molecule has 0 saturated carbocycles. The van der Waals surface area contributed by atoms with Crippen LogP contribution in [0.1, 0.15) is 23.1 Å². The number of aromatic nitrogens is 3. The number of para-hydroxylation sites is 2. The summed E-state index contributed by atoms with van der Waals surface area (Å²) >= 11 is 1.09. The average Bonchev–Trinajstić information content (AvgIpc) is 3.23. The number of hydrogen-bond donors (Lipinski definition) is 2. The highest BCUT2D eigenvalue weighted by Crippen LogP contribution is 2.24. The number of rotatable bonds is 10. The van der Waals surface area contributed by atoms with Crippen LogP contribution in [0.15, 0.2) is 53.7 Å².